The Bertz CT molecular complexity index is 492. The number of carbonyl (C=O) groups excluding carboxylic acids is 2. The highest BCUT2D eigenvalue weighted by Gasteiger charge is 2.06. The first-order valence-electron chi connectivity index (χ1n) is 14.0. The molecule has 4 N–H and O–H groups in total. The number of amides is 2. The predicted octanol–water partition coefficient (Wildman–Crippen LogP) is 6.90. The molecule has 0 unspecified atom stereocenters. The molecule has 0 bridgehead atoms. The van der Waals surface area contributed by atoms with Gasteiger partial charge in [0, 0.05) is 25.1 Å². The summed E-state index contributed by atoms with van der Waals surface area (Å²) in [6, 6.07) is 0. The van der Waals surface area contributed by atoms with Gasteiger partial charge in [0.25, 0.3) is 0 Å². The van der Waals surface area contributed by atoms with Gasteiger partial charge in [0.2, 0.25) is 11.8 Å². The fourth-order valence-electron chi connectivity index (χ4n) is 3.98. The maximum Gasteiger partial charge on any atom is 0.224 e. The highest BCUT2D eigenvalue weighted by atomic mass is 16.2. The number of hydrogen-bond acceptors (Lipinski definition) is 3. The summed E-state index contributed by atoms with van der Waals surface area (Å²) in [6.07, 6.45) is 25.1. The van der Waals surface area contributed by atoms with E-state index in [0.717, 1.165) is 44.5 Å². The maximum absolute atomic E-state index is 12.0. The Balaban J connectivity index is 3.51. The Labute approximate surface area is 205 Å². The lowest BCUT2D eigenvalue weighted by Crippen LogP contribution is -2.27. The zero-order chi connectivity index (χ0) is 24.4. The van der Waals surface area contributed by atoms with Gasteiger partial charge in [-0.25, -0.2) is 0 Å². The van der Waals surface area contributed by atoms with Crippen LogP contribution in [0, 0.1) is 0 Å². The topological polar surface area (TPSA) is 84.2 Å². The Kier molecular flexibility index (Phi) is 24.2. The molecule has 0 aliphatic carbocycles. The van der Waals surface area contributed by atoms with E-state index in [-0.39, 0.29) is 24.7 Å². The second-order valence-electron chi connectivity index (χ2n) is 9.52. The Morgan fingerprint density at radius 2 is 1.15 bits per heavy atom. The van der Waals surface area contributed by atoms with Crippen LogP contribution in [0.15, 0.2) is 11.8 Å². The molecular weight excluding hydrogens is 410 g/mol. The summed E-state index contributed by atoms with van der Waals surface area (Å²) in [5.41, 5.74) is 6.41. The fraction of sp³-hybridized carbons (Fsp3) is 0.857. The van der Waals surface area contributed by atoms with Crippen LogP contribution in [0.2, 0.25) is 0 Å². The van der Waals surface area contributed by atoms with Gasteiger partial charge in [-0.3, -0.25) is 9.59 Å². The van der Waals surface area contributed by atoms with Crippen LogP contribution in [-0.2, 0) is 9.59 Å². The summed E-state index contributed by atoms with van der Waals surface area (Å²) in [6.45, 7) is 5.71. The van der Waals surface area contributed by atoms with Crippen LogP contribution in [0.3, 0.4) is 0 Å². The van der Waals surface area contributed by atoms with Crippen molar-refractivity contribution in [2.45, 2.75) is 142 Å². The molecule has 0 radical (unpaired) electrons. The second kappa shape index (κ2) is 25.3. The smallest absolute Gasteiger partial charge is 0.224 e. The molecular formula is C28H55N3O2. The molecule has 2 amide bonds. The van der Waals surface area contributed by atoms with Gasteiger partial charge in [0.1, 0.15) is 0 Å². The van der Waals surface area contributed by atoms with Crippen molar-refractivity contribution >= 4 is 11.8 Å². The van der Waals surface area contributed by atoms with Gasteiger partial charge >= 0.3 is 0 Å². The van der Waals surface area contributed by atoms with Gasteiger partial charge in [-0.05, 0) is 39.2 Å². The van der Waals surface area contributed by atoms with Crippen molar-refractivity contribution in [3.05, 3.63) is 11.8 Å². The van der Waals surface area contributed by atoms with Crippen molar-refractivity contribution in [3.8, 4) is 0 Å². The first-order valence-corrected chi connectivity index (χ1v) is 14.0. The van der Waals surface area contributed by atoms with E-state index in [0.29, 0.717) is 0 Å². The summed E-state index contributed by atoms with van der Waals surface area (Å²) < 4.78 is 0. The minimum Gasteiger partial charge on any atom is -0.356 e. The van der Waals surface area contributed by atoms with Gasteiger partial charge < -0.3 is 16.4 Å². The monoisotopic (exact) mass is 465 g/mol. The summed E-state index contributed by atoms with van der Waals surface area (Å²) in [5, 5.41) is 5.85. The number of hydrogen-bond donors (Lipinski definition) is 3. The zero-order valence-electron chi connectivity index (χ0n) is 22.0. The van der Waals surface area contributed by atoms with Gasteiger partial charge in [-0.1, -0.05) is 103 Å². The van der Waals surface area contributed by atoms with Gasteiger partial charge in [-0.2, -0.15) is 0 Å². The number of carbonyl (C=O) groups is 2. The quantitative estimate of drug-likeness (QED) is 0.135. The largest absolute Gasteiger partial charge is 0.356 e. The summed E-state index contributed by atoms with van der Waals surface area (Å²) in [4.78, 5) is 24.0. The third kappa shape index (κ3) is 25.1. The van der Waals surface area contributed by atoms with E-state index in [4.69, 9.17) is 5.73 Å². The summed E-state index contributed by atoms with van der Waals surface area (Å²) in [7, 11) is 0. The molecule has 33 heavy (non-hydrogen) atoms. The molecule has 5 heteroatoms. The molecule has 0 rings (SSSR count). The third-order valence-electron chi connectivity index (χ3n) is 6.13. The minimum absolute atomic E-state index is 0.0210. The average Bonchev–Trinajstić information content (AvgIpc) is 2.80. The number of rotatable bonds is 24. The van der Waals surface area contributed by atoms with Gasteiger partial charge in [0.15, 0.2) is 0 Å². The van der Waals surface area contributed by atoms with Crippen molar-refractivity contribution in [2.75, 3.05) is 13.1 Å². The van der Waals surface area contributed by atoms with Crippen molar-refractivity contribution in [1.82, 2.24) is 10.6 Å². The number of unbranched alkanes of at least 4 members (excludes halogenated alkanes) is 16. The lowest BCUT2D eigenvalue weighted by atomic mass is 10.1. The van der Waals surface area contributed by atoms with Crippen LogP contribution >= 0.6 is 0 Å². The van der Waals surface area contributed by atoms with Crippen LogP contribution in [0.5, 0.6) is 0 Å². The molecule has 0 aromatic heterocycles. The van der Waals surface area contributed by atoms with E-state index in [1.807, 2.05) is 6.92 Å². The standard InChI is InChI=1S/C28H55N3O2/c1-3-4-5-6-7-12-15-18-21-26(2)31-28(33)23-22-27(32)30-25-20-17-14-11-9-8-10-13-16-19-24-29/h21H,3-20,22-25,29H2,1-2H3,(H,30,32)(H,31,33). The average molecular weight is 466 g/mol. The molecule has 0 aliphatic heterocycles. The van der Waals surface area contributed by atoms with Crippen LogP contribution in [0.1, 0.15) is 142 Å². The number of nitrogens with one attached hydrogen (secondary N) is 2. The second-order valence-corrected chi connectivity index (χ2v) is 9.52. The first kappa shape index (κ1) is 31.6. The molecule has 0 saturated heterocycles. The molecule has 0 fully saturated rings. The molecule has 0 spiro atoms. The molecule has 194 valence electrons. The van der Waals surface area contributed by atoms with Gasteiger partial charge in [0.05, 0.1) is 0 Å². The van der Waals surface area contributed by atoms with Crippen molar-refractivity contribution < 1.29 is 9.59 Å². The van der Waals surface area contributed by atoms with E-state index in [1.54, 1.807) is 0 Å². The lowest BCUT2D eigenvalue weighted by Gasteiger charge is -2.07. The normalized spacial score (nSPS) is 11.5. The van der Waals surface area contributed by atoms with Crippen LogP contribution in [0.25, 0.3) is 0 Å². The molecule has 0 aromatic rings. The number of allylic oxidation sites excluding steroid dienone is 2. The molecule has 5 nitrogen and oxygen atoms in total. The summed E-state index contributed by atoms with van der Waals surface area (Å²) in [5.74, 6) is -0.0890. The Hall–Kier alpha value is -1.36. The lowest BCUT2D eigenvalue weighted by molar-refractivity contribution is -0.126. The molecule has 0 heterocycles. The minimum atomic E-state index is -0.0681. The SMILES string of the molecule is CCCCCCCCCC=C(C)NC(=O)CCC(=O)NCCCCCCCCCCCCN. The highest BCUT2D eigenvalue weighted by Crippen LogP contribution is 2.11. The van der Waals surface area contributed by atoms with E-state index in [1.165, 1.54) is 89.9 Å². The molecule has 0 saturated carbocycles. The first-order chi connectivity index (χ1) is 16.1. The molecule has 0 atom stereocenters. The van der Waals surface area contributed by atoms with Crippen LogP contribution in [0.4, 0.5) is 0 Å². The van der Waals surface area contributed by atoms with Crippen LogP contribution in [-0.4, -0.2) is 24.9 Å². The highest BCUT2D eigenvalue weighted by molar-refractivity contribution is 5.84. The third-order valence-corrected chi connectivity index (χ3v) is 6.13. The maximum atomic E-state index is 12.0. The fourth-order valence-corrected chi connectivity index (χ4v) is 3.98. The number of nitrogens with two attached hydrogens (primary N) is 1. The van der Waals surface area contributed by atoms with Crippen LogP contribution < -0.4 is 16.4 Å². The Morgan fingerprint density at radius 1 is 0.667 bits per heavy atom. The summed E-state index contributed by atoms with van der Waals surface area (Å²) >= 11 is 0. The predicted molar refractivity (Wildman–Crippen MR) is 142 cm³/mol. The van der Waals surface area contributed by atoms with Gasteiger partial charge in [-0.15, -0.1) is 0 Å². The van der Waals surface area contributed by atoms with Crippen molar-refractivity contribution in [1.29, 1.82) is 0 Å². The molecule has 0 aromatic carbocycles. The van der Waals surface area contributed by atoms with E-state index in [9.17, 15) is 9.59 Å². The van der Waals surface area contributed by atoms with Crippen molar-refractivity contribution in [2.24, 2.45) is 5.73 Å². The molecule has 0 aliphatic rings. The van der Waals surface area contributed by atoms with E-state index in [2.05, 4.69) is 23.6 Å². The van der Waals surface area contributed by atoms with E-state index < -0.39 is 0 Å². The van der Waals surface area contributed by atoms with Crippen molar-refractivity contribution in [3.63, 3.8) is 0 Å². The zero-order valence-corrected chi connectivity index (χ0v) is 22.0. The van der Waals surface area contributed by atoms with E-state index >= 15 is 0 Å². The Morgan fingerprint density at radius 3 is 1.73 bits per heavy atom.